The van der Waals surface area contributed by atoms with Crippen molar-refractivity contribution >= 4 is 21.4 Å². The van der Waals surface area contributed by atoms with Gasteiger partial charge in [-0.15, -0.1) is 11.3 Å². The Hall–Kier alpha value is -2.19. The summed E-state index contributed by atoms with van der Waals surface area (Å²) in [6.45, 7) is 4.48. The van der Waals surface area contributed by atoms with Gasteiger partial charge in [0.25, 0.3) is 0 Å². The average Bonchev–Trinajstić information content (AvgIpc) is 3.03. The summed E-state index contributed by atoms with van der Waals surface area (Å²) in [5.41, 5.74) is 5.60. The molecule has 3 heterocycles. The second-order valence-electron chi connectivity index (χ2n) is 6.74. The molecular weight excluding hydrogens is 298 g/mol. The minimum absolute atomic E-state index is 0.0611. The first kappa shape index (κ1) is 13.3. The summed E-state index contributed by atoms with van der Waals surface area (Å²) in [7, 11) is 0. The first-order chi connectivity index (χ1) is 11.2. The van der Waals surface area contributed by atoms with Crippen molar-refractivity contribution in [3.05, 3.63) is 77.5 Å². The van der Waals surface area contributed by atoms with Crippen molar-refractivity contribution in [3.8, 4) is 10.6 Å². The van der Waals surface area contributed by atoms with E-state index in [1.165, 1.54) is 37.4 Å². The van der Waals surface area contributed by atoms with Gasteiger partial charge in [0, 0.05) is 28.6 Å². The van der Waals surface area contributed by atoms with Crippen LogP contribution in [0.4, 0.5) is 0 Å². The highest BCUT2D eigenvalue weighted by Crippen LogP contribution is 2.51. The van der Waals surface area contributed by atoms with Gasteiger partial charge in [-0.25, -0.2) is 0 Å². The van der Waals surface area contributed by atoms with Crippen LogP contribution in [0.2, 0.25) is 0 Å². The van der Waals surface area contributed by atoms with Crippen molar-refractivity contribution in [2.24, 2.45) is 0 Å². The van der Waals surface area contributed by atoms with Crippen LogP contribution in [-0.4, -0.2) is 0 Å². The van der Waals surface area contributed by atoms with Crippen molar-refractivity contribution in [1.29, 1.82) is 0 Å². The van der Waals surface area contributed by atoms with Crippen LogP contribution >= 0.6 is 11.3 Å². The summed E-state index contributed by atoms with van der Waals surface area (Å²) in [5.74, 6) is 0. The summed E-state index contributed by atoms with van der Waals surface area (Å²) in [4.78, 5) is 1.44. The zero-order valence-corrected chi connectivity index (χ0v) is 14.2. The Balaban J connectivity index is 1.95. The lowest BCUT2D eigenvalue weighted by Crippen LogP contribution is -2.54. The van der Waals surface area contributed by atoms with Gasteiger partial charge in [0.1, 0.15) is 4.88 Å². The molecule has 1 aromatic carbocycles. The molecule has 112 valence electrons. The molecule has 0 fully saturated rings. The van der Waals surface area contributed by atoms with E-state index >= 15 is 0 Å². The molecule has 0 amide bonds. The fourth-order valence-corrected chi connectivity index (χ4v) is 5.71. The van der Waals surface area contributed by atoms with Gasteiger partial charge in [0.2, 0.25) is 11.2 Å². The summed E-state index contributed by atoms with van der Waals surface area (Å²) >= 11 is 1.93. The van der Waals surface area contributed by atoms with Crippen LogP contribution in [0.15, 0.2) is 72.0 Å². The monoisotopic (exact) mass is 316 g/mol. The molecule has 1 spiro atoms. The number of thiophene rings is 1. The Morgan fingerprint density at radius 3 is 2.74 bits per heavy atom. The maximum absolute atomic E-state index is 2.49. The molecular formula is C21H18NS+. The molecule has 0 saturated heterocycles. The number of allylic oxidation sites excluding steroid dienone is 4. The lowest BCUT2D eigenvalue weighted by molar-refractivity contribution is -0.726. The minimum atomic E-state index is -0.0611. The first-order valence-electron chi connectivity index (χ1n) is 8.09. The van der Waals surface area contributed by atoms with E-state index < -0.39 is 0 Å². The zero-order chi connectivity index (χ0) is 15.6. The van der Waals surface area contributed by atoms with Crippen LogP contribution in [0.3, 0.4) is 0 Å². The molecule has 0 bridgehead atoms. The SMILES string of the molecule is CC1=C[C@@]2(CC(C)=C1)c1c(sc3ccccc13)-c1cccc[n+]12. The Morgan fingerprint density at radius 2 is 1.87 bits per heavy atom. The van der Waals surface area contributed by atoms with Gasteiger partial charge >= 0.3 is 0 Å². The summed E-state index contributed by atoms with van der Waals surface area (Å²) in [6.07, 6.45) is 8.09. The van der Waals surface area contributed by atoms with Crippen molar-refractivity contribution < 1.29 is 4.57 Å². The number of hydrogen-bond donors (Lipinski definition) is 0. The highest BCUT2D eigenvalue weighted by molar-refractivity contribution is 7.22. The number of rotatable bonds is 0. The van der Waals surface area contributed by atoms with Crippen LogP contribution in [0.25, 0.3) is 20.7 Å². The van der Waals surface area contributed by atoms with Crippen LogP contribution in [-0.2, 0) is 5.54 Å². The molecule has 0 unspecified atom stereocenters. The number of fused-ring (bicyclic) bond motifs is 7. The highest BCUT2D eigenvalue weighted by atomic mass is 32.1. The summed E-state index contributed by atoms with van der Waals surface area (Å²) in [6, 6.07) is 15.4. The highest BCUT2D eigenvalue weighted by Gasteiger charge is 2.52. The lowest BCUT2D eigenvalue weighted by atomic mass is 9.79. The van der Waals surface area contributed by atoms with Crippen LogP contribution < -0.4 is 4.57 Å². The van der Waals surface area contributed by atoms with E-state index in [1.807, 2.05) is 11.3 Å². The number of benzene rings is 1. The summed E-state index contributed by atoms with van der Waals surface area (Å²) < 4.78 is 3.88. The van der Waals surface area contributed by atoms with Gasteiger partial charge in [-0.05, 0) is 37.6 Å². The average molecular weight is 316 g/mol. The van der Waals surface area contributed by atoms with Crippen LogP contribution in [0.5, 0.6) is 0 Å². The van der Waals surface area contributed by atoms with Crippen molar-refractivity contribution in [3.63, 3.8) is 0 Å². The molecule has 23 heavy (non-hydrogen) atoms. The van der Waals surface area contributed by atoms with Crippen molar-refractivity contribution in [2.45, 2.75) is 25.8 Å². The predicted octanol–water partition coefficient (Wildman–Crippen LogP) is 5.21. The smallest absolute Gasteiger partial charge is 0.184 e. The standard InChI is InChI=1S/C21H18NS/c1-14-11-15(2)13-21(12-14)19-16-7-3-4-9-18(16)23-20(19)17-8-5-6-10-22(17)21/h3-12H,13H2,1-2H3/q+1/t21-/m1/s1. The predicted molar refractivity (Wildman–Crippen MR) is 96.7 cm³/mol. The molecule has 2 aliphatic rings. The third-order valence-electron chi connectivity index (χ3n) is 5.04. The van der Waals surface area contributed by atoms with E-state index in [2.05, 4.69) is 79.2 Å². The molecule has 2 heteroatoms. The van der Waals surface area contributed by atoms with Crippen molar-refractivity contribution in [2.75, 3.05) is 0 Å². The zero-order valence-electron chi connectivity index (χ0n) is 13.3. The molecule has 3 aromatic rings. The third kappa shape index (κ3) is 1.64. The fourth-order valence-electron chi connectivity index (χ4n) is 4.40. The maximum atomic E-state index is 2.49. The Kier molecular flexibility index (Phi) is 2.55. The fraction of sp³-hybridized carbons (Fsp3) is 0.190. The molecule has 5 rings (SSSR count). The van der Waals surface area contributed by atoms with Crippen LogP contribution in [0, 0.1) is 0 Å². The van der Waals surface area contributed by atoms with Crippen molar-refractivity contribution in [1.82, 2.24) is 0 Å². The molecule has 1 aliphatic carbocycles. The first-order valence-corrected chi connectivity index (χ1v) is 8.91. The summed E-state index contributed by atoms with van der Waals surface area (Å²) in [5, 5.41) is 1.41. The molecule has 2 aromatic heterocycles. The van der Waals surface area contributed by atoms with E-state index in [0.29, 0.717) is 0 Å². The van der Waals surface area contributed by atoms with Gasteiger partial charge in [0.05, 0.1) is 5.56 Å². The van der Waals surface area contributed by atoms with Gasteiger partial charge < -0.3 is 0 Å². The second kappa shape index (κ2) is 4.42. The largest absolute Gasteiger partial charge is 0.224 e. The van der Waals surface area contributed by atoms with E-state index in [0.717, 1.165) is 6.42 Å². The maximum Gasteiger partial charge on any atom is 0.224 e. The second-order valence-corrected chi connectivity index (χ2v) is 7.79. The van der Waals surface area contributed by atoms with Gasteiger partial charge in [0.15, 0.2) is 6.20 Å². The number of aromatic nitrogens is 1. The number of nitrogens with zero attached hydrogens (tertiary/aromatic N) is 1. The van der Waals surface area contributed by atoms with Gasteiger partial charge in [-0.3, -0.25) is 0 Å². The number of hydrogen-bond acceptors (Lipinski definition) is 1. The van der Waals surface area contributed by atoms with Gasteiger partial charge in [-0.2, -0.15) is 4.57 Å². The van der Waals surface area contributed by atoms with E-state index in [1.54, 1.807) is 0 Å². The Morgan fingerprint density at radius 1 is 1.04 bits per heavy atom. The lowest BCUT2D eigenvalue weighted by Gasteiger charge is -2.26. The van der Waals surface area contributed by atoms with Gasteiger partial charge in [-0.1, -0.05) is 29.8 Å². The number of pyridine rings is 1. The molecule has 1 nitrogen and oxygen atoms in total. The molecule has 0 radical (unpaired) electrons. The molecule has 1 atom stereocenters. The third-order valence-corrected chi connectivity index (χ3v) is 6.23. The topological polar surface area (TPSA) is 3.88 Å². The Labute approximate surface area is 140 Å². The molecule has 0 saturated carbocycles. The van der Waals surface area contributed by atoms with Crippen LogP contribution in [0.1, 0.15) is 25.8 Å². The normalized spacial score (nSPS) is 22.0. The molecule has 1 aliphatic heterocycles. The van der Waals surface area contributed by atoms with E-state index in [4.69, 9.17) is 0 Å². The van der Waals surface area contributed by atoms with E-state index in [-0.39, 0.29) is 5.54 Å². The Bertz CT molecular complexity index is 1020. The minimum Gasteiger partial charge on any atom is -0.184 e. The quantitative estimate of drug-likeness (QED) is 0.501. The van der Waals surface area contributed by atoms with E-state index in [9.17, 15) is 0 Å². The molecule has 0 N–H and O–H groups in total.